The summed E-state index contributed by atoms with van der Waals surface area (Å²) in [7, 11) is 1.49. The molecule has 1 fully saturated rings. The normalized spacial score (nSPS) is 15.7. The number of halogens is 3. The fourth-order valence-corrected chi connectivity index (χ4v) is 3.60. The van der Waals surface area contributed by atoms with Crippen molar-refractivity contribution in [1.29, 1.82) is 0 Å². The van der Waals surface area contributed by atoms with Crippen molar-refractivity contribution in [2.24, 2.45) is 0 Å². The zero-order valence-electron chi connectivity index (χ0n) is 19.5. The molecule has 1 N–H and O–H groups in total. The number of amides is 1. The van der Waals surface area contributed by atoms with Gasteiger partial charge in [-0.05, 0) is 38.8 Å². The summed E-state index contributed by atoms with van der Waals surface area (Å²) in [6, 6.07) is 3.21. The van der Waals surface area contributed by atoms with Gasteiger partial charge in [0.25, 0.3) is 5.91 Å². The summed E-state index contributed by atoms with van der Waals surface area (Å²) in [5.41, 5.74) is 1.64. The number of hydrogen-bond donors (Lipinski definition) is 1. The molecule has 0 aliphatic heterocycles. The Labute approximate surface area is 199 Å². The van der Waals surface area contributed by atoms with Gasteiger partial charge in [-0.1, -0.05) is 0 Å². The number of benzene rings is 1. The van der Waals surface area contributed by atoms with Gasteiger partial charge in [0.05, 0.1) is 41.7 Å². The lowest BCUT2D eigenvalue weighted by molar-refractivity contribution is -0.274. The smallest absolute Gasteiger partial charge is 0.406 e. The summed E-state index contributed by atoms with van der Waals surface area (Å²) in [4.78, 5) is 25.7. The van der Waals surface area contributed by atoms with E-state index in [2.05, 4.69) is 25.0 Å². The Morgan fingerprint density at radius 1 is 1.26 bits per heavy atom. The van der Waals surface area contributed by atoms with Crippen molar-refractivity contribution in [3.63, 3.8) is 0 Å². The number of carbonyl (C=O) groups is 1. The van der Waals surface area contributed by atoms with E-state index in [1.165, 1.54) is 37.7 Å². The lowest BCUT2D eigenvalue weighted by Crippen LogP contribution is -2.38. The molecule has 2 heterocycles. The Bertz CT molecular complexity index is 1180. The third-order valence-corrected chi connectivity index (χ3v) is 5.60. The van der Waals surface area contributed by atoms with Gasteiger partial charge in [-0.3, -0.25) is 9.78 Å². The number of carbonyl (C=O) groups excluding carboxylic acids is 1. The third kappa shape index (κ3) is 6.25. The van der Waals surface area contributed by atoms with Crippen LogP contribution in [0.3, 0.4) is 0 Å². The van der Waals surface area contributed by atoms with Crippen molar-refractivity contribution < 1.29 is 32.2 Å². The fourth-order valence-electron chi connectivity index (χ4n) is 3.60. The quantitative estimate of drug-likeness (QED) is 0.460. The highest BCUT2D eigenvalue weighted by molar-refractivity contribution is 5.92. The SMILES string of the molecule is CO[C@H](C)[C@H](NC(=O)c1cnc(C)cn1)c1nc2cc(OC(F)(F)F)ccc2n1CCOC1CC1. The van der Waals surface area contributed by atoms with Crippen LogP contribution in [0.5, 0.6) is 5.75 Å². The number of aromatic nitrogens is 4. The standard InChI is InChI=1S/C23H26F3N5O4/c1-13-11-28-18(12-27-13)22(32)30-20(14(2)33-3)21-29-17-10-16(35-23(24,25)26)6-7-19(17)31(21)8-9-34-15-4-5-15/h6-7,10-12,14-15,20H,4-5,8-9H2,1-3H3,(H,30,32)/t14-,20+/m1/s1. The number of hydrogen-bond acceptors (Lipinski definition) is 7. The first-order chi connectivity index (χ1) is 16.6. The van der Waals surface area contributed by atoms with Crippen molar-refractivity contribution in [3.8, 4) is 5.75 Å². The molecule has 0 spiro atoms. The number of aryl methyl sites for hydroxylation is 1. The highest BCUT2D eigenvalue weighted by Crippen LogP contribution is 2.30. The van der Waals surface area contributed by atoms with Crippen LogP contribution < -0.4 is 10.1 Å². The maximum atomic E-state index is 12.9. The van der Waals surface area contributed by atoms with Gasteiger partial charge in [-0.25, -0.2) is 9.97 Å². The maximum absolute atomic E-state index is 12.9. The Hall–Kier alpha value is -3.25. The summed E-state index contributed by atoms with van der Waals surface area (Å²) in [6.07, 6.45) is -0.258. The second kappa shape index (κ2) is 10.2. The minimum absolute atomic E-state index is 0.115. The Morgan fingerprint density at radius 2 is 2.03 bits per heavy atom. The van der Waals surface area contributed by atoms with Crippen molar-refractivity contribution in [2.45, 2.75) is 57.8 Å². The minimum atomic E-state index is -4.83. The first kappa shape index (κ1) is 24.9. The minimum Gasteiger partial charge on any atom is -0.406 e. The highest BCUT2D eigenvalue weighted by atomic mass is 19.4. The maximum Gasteiger partial charge on any atom is 0.573 e. The molecule has 0 bridgehead atoms. The van der Waals surface area contributed by atoms with E-state index in [1.54, 1.807) is 13.8 Å². The van der Waals surface area contributed by atoms with Crippen LogP contribution >= 0.6 is 0 Å². The predicted molar refractivity (Wildman–Crippen MR) is 119 cm³/mol. The molecule has 35 heavy (non-hydrogen) atoms. The Balaban J connectivity index is 1.70. The number of imidazole rings is 1. The van der Waals surface area contributed by atoms with Crippen molar-refractivity contribution in [2.75, 3.05) is 13.7 Å². The molecule has 188 valence electrons. The second-order valence-corrected chi connectivity index (χ2v) is 8.33. The van der Waals surface area contributed by atoms with Gasteiger partial charge in [-0.15, -0.1) is 13.2 Å². The molecular weight excluding hydrogens is 467 g/mol. The molecule has 0 unspecified atom stereocenters. The van der Waals surface area contributed by atoms with Gasteiger partial charge >= 0.3 is 6.36 Å². The van der Waals surface area contributed by atoms with Gasteiger partial charge in [0.1, 0.15) is 23.3 Å². The molecule has 1 aliphatic carbocycles. The largest absolute Gasteiger partial charge is 0.573 e. The second-order valence-electron chi connectivity index (χ2n) is 8.33. The number of fused-ring (bicyclic) bond motifs is 1. The van der Waals surface area contributed by atoms with E-state index in [9.17, 15) is 18.0 Å². The van der Waals surface area contributed by atoms with Crippen molar-refractivity contribution >= 4 is 16.9 Å². The summed E-state index contributed by atoms with van der Waals surface area (Å²) < 4.78 is 55.4. The van der Waals surface area contributed by atoms with Crippen LogP contribution in [0.1, 0.15) is 47.8 Å². The molecule has 0 saturated heterocycles. The van der Waals surface area contributed by atoms with Crippen LogP contribution in [0.25, 0.3) is 11.0 Å². The molecule has 9 nitrogen and oxygen atoms in total. The van der Waals surface area contributed by atoms with E-state index in [0.717, 1.165) is 12.8 Å². The number of rotatable bonds is 10. The molecule has 12 heteroatoms. The van der Waals surface area contributed by atoms with Crippen molar-refractivity contribution in [1.82, 2.24) is 24.8 Å². The summed E-state index contributed by atoms with van der Waals surface area (Å²) in [6.45, 7) is 4.28. The Morgan fingerprint density at radius 3 is 2.66 bits per heavy atom. The van der Waals surface area contributed by atoms with Crippen LogP contribution in [0, 0.1) is 6.92 Å². The average molecular weight is 493 g/mol. The van der Waals surface area contributed by atoms with E-state index in [0.29, 0.717) is 30.2 Å². The van der Waals surface area contributed by atoms with Crippen LogP contribution in [0.2, 0.25) is 0 Å². The molecule has 3 aromatic rings. The van der Waals surface area contributed by atoms with Crippen LogP contribution in [0.4, 0.5) is 13.2 Å². The fraction of sp³-hybridized carbons (Fsp3) is 0.478. The predicted octanol–water partition coefficient (Wildman–Crippen LogP) is 3.72. The zero-order valence-corrected chi connectivity index (χ0v) is 19.5. The Kier molecular flexibility index (Phi) is 7.22. The van der Waals surface area contributed by atoms with Gasteiger partial charge < -0.3 is 24.1 Å². The zero-order chi connectivity index (χ0) is 25.2. The average Bonchev–Trinajstić information content (AvgIpc) is 3.56. The monoisotopic (exact) mass is 493 g/mol. The van der Waals surface area contributed by atoms with Crippen LogP contribution in [0.15, 0.2) is 30.6 Å². The van der Waals surface area contributed by atoms with Gasteiger partial charge in [0.2, 0.25) is 0 Å². The number of methoxy groups -OCH3 is 1. The molecule has 1 aliphatic rings. The van der Waals surface area contributed by atoms with E-state index in [4.69, 9.17) is 9.47 Å². The van der Waals surface area contributed by atoms with E-state index >= 15 is 0 Å². The first-order valence-electron chi connectivity index (χ1n) is 11.1. The lowest BCUT2D eigenvalue weighted by Gasteiger charge is -2.24. The van der Waals surface area contributed by atoms with Crippen molar-refractivity contribution in [3.05, 3.63) is 47.8 Å². The lowest BCUT2D eigenvalue weighted by atomic mass is 10.1. The molecular formula is C23H26F3N5O4. The number of alkyl halides is 3. The third-order valence-electron chi connectivity index (χ3n) is 5.60. The van der Waals surface area contributed by atoms with Crippen LogP contribution in [-0.2, 0) is 16.0 Å². The van der Waals surface area contributed by atoms with Gasteiger partial charge in [0.15, 0.2) is 0 Å². The van der Waals surface area contributed by atoms with E-state index in [1.807, 2.05) is 4.57 Å². The molecule has 0 radical (unpaired) electrons. The molecule has 4 rings (SSSR count). The topological polar surface area (TPSA) is 100 Å². The number of nitrogens with zero attached hydrogens (tertiary/aromatic N) is 4. The van der Waals surface area contributed by atoms with E-state index < -0.39 is 24.4 Å². The molecule has 1 aromatic carbocycles. The van der Waals surface area contributed by atoms with Crippen LogP contribution in [-0.4, -0.2) is 57.7 Å². The molecule has 2 atom stereocenters. The highest BCUT2D eigenvalue weighted by Gasteiger charge is 2.32. The summed E-state index contributed by atoms with van der Waals surface area (Å²) in [5.74, 6) is -0.461. The first-order valence-corrected chi connectivity index (χ1v) is 11.1. The molecule has 1 amide bonds. The summed E-state index contributed by atoms with van der Waals surface area (Å²) in [5, 5.41) is 2.88. The van der Waals surface area contributed by atoms with Gasteiger partial charge in [0, 0.05) is 25.9 Å². The van der Waals surface area contributed by atoms with Gasteiger partial charge in [-0.2, -0.15) is 0 Å². The molecule has 2 aromatic heterocycles. The summed E-state index contributed by atoms with van der Waals surface area (Å²) >= 11 is 0. The number of nitrogens with one attached hydrogen (secondary N) is 1. The number of ether oxygens (including phenoxy) is 3. The van der Waals surface area contributed by atoms with E-state index in [-0.39, 0.29) is 23.1 Å². The molecule has 1 saturated carbocycles.